The predicted molar refractivity (Wildman–Crippen MR) is 75.7 cm³/mol. The molecule has 0 saturated carbocycles. The molecule has 0 fully saturated rings. The van der Waals surface area contributed by atoms with Crippen LogP contribution in [0.15, 0.2) is 22.7 Å². The van der Waals surface area contributed by atoms with Gasteiger partial charge in [-0.05, 0) is 25.1 Å². The van der Waals surface area contributed by atoms with E-state index in [0.29, 0.717) is 12.4 Å². The van der Waals surface area contributed by atoms with E-state index in [1.165, 1.54) is 0 Å². The number of carbonyl (C=O) groups excluding carboxylic acids is 1. The molecule has 1 N–H and O–H groups in total. The number of hydrogen-bond donors (Lipinski definition) is 1. The summed E-state index contributed by atoms with van der Waals surface area (Å²) in [5.74, 6) is 0.952. The lowest BCUT2D eigenvalue weighted by atomic mass is 10.3. The first-order chi connectivity index (χ1) is 8.65. The lowest BCUT2D eigenvalue weighted by Crippen LogP contribution is -2.27. The van der Waals surface area contributed by atoms with Crippen molar-refractivity contribution in [1.29, 1.82) is 0 Å². The van der Waals surface area contributed by atoms with Gasteiger partial charge in [0.05, 0.1) is 16.9 Å². The fourth-order valence-electron chi connectivity index (χ4n) is 1.83. The van der Waals surface area contributed by atoms with Crippen molar-refractivity contribution < 1.29 is 4.79 Å². The number of amides is 1. The maximum Gasteiger partial charge on any atom is 0.239 e. The van der Waals surface area contributed by atoms with Crippen molar-refractivity contribution in [1.82, 2.24) is 14.9 Å². The minimum absolute atomic E-state index is 0.0360. The first-order valence-corrected chi connectivity index (χ1v) is 6.95. The summed E-state index contributed by atoms with van der Waals surface area (Å²) >= 11 is 9.28. The highest BCUT2D eigenvalue weighted by molar-refractivity contribution is 9.10. The van der Waals surface area contributed by atoms with Gasteiger partial charge in [-0.2, -0.15) is 0 Å². The number of benzene rings is 1. The highest BCUT2D eigenvalue weighted by atomic mass is 79.9. The van der Waals surface area contributed by atoms with Crippen molar-refractivity contribution >= 4 is 44.5 Å². The van der Waals surface area contributed by atoms with Crippen molar-refractivity contribution in [3.8, 4) is 0 Å². The van der Waals surface area contributed by atoms with Crippen LogP contribution in [0.2, 0.25) is 0 Å². The van der Waals surface area contributed by atoms with Gasteiger partial charge in [0.1, 0.15) is 12.4 Å². The molecule has 0 unspecified atom stereocenters. The quantitative estimate of drug-likeness (QED) is 0.876. The smallest absolute Gasteiger partial charge is 0.239 e. The van der Waals surface area contributed by atoms with Crippen LogP contribution in [0.3, 0.4) is 0 Å². The second kappa shape index (κ2) is 5.71. The molecule has 0 aliphatic heterocycles. The Kier molecular flexibility index (Phi) is 4.24. The molecule has 96 valence electrons. The largest absolute Gasteiger partial charge is 0.355 e. The maximum absolute atomic E-state index is 11.7. The molecule has 6 heteroatoms. The second-order valence-corrected chi connectivity index (χ2v) is 5.02. The summed E-state index contributed by atoms with van der Waals surface area (Å²) in [6, 6.07) is 5.78. The third-order valence-corrected chi connectivity index (χ3v) is 3.32. The Bertz CT molecular complexity index is 582. The summed E-state index contributed by atoms with van der Waals surface area (Å²) in [6.45, 7) is 2.75. The van der Waals surface area contributed by atoms with Gasteiger partial charge < -0.3 is 9.88 Å². The van der Waals surface area contributed by atoms with E-state index in [-0.39, 0.29) is 18.3 Å². The minimum Gasteiger partial charge on any atom is -0.355 e. The van der Waals surface area contributed by atoms with E-state index >= 15 is 0 Å². The lowest BCUT2D eigenvalue weighted by molar-refractivity contribution is -0.121. The number of fused-ring (bicyclic) bond motifs is 1. The first kappa shape index (κ1) is 13.4. The molecule has 0 saturated heterocycles. The van der Waals surface area contributed by atoms with E-state index in [4.69, 9.17) is 11.6 Å². The molecule has 1 aromatic heterocycles. The number of aromatic nitrogens is 2. The van der Waals surface area contributed by atoms with E-state index in [1.54, 1.807) is 0 Å². The summed E-state index contributed by atoms with van der Waals surface area (Å²) in [5, 5.41) is 2.77. The van der Waals surface area contributed by atoms with Crippen LogP contribution >= 0.6 is 27.5 Å². The van der Waals surface area contributed by atoms with Crippen molar-refractivity contribution in [2.45, 2.75) is 19.3 Å². The Morgan fingerprint density at radius 1 is 1.56 bits per heavy atom. The Morgan fingerprint density at radius 2 is 2.33 bits per heavy atom. The van der Waals surface area contributed by atoms with Gasteiger partial charge >= 0.3 is 0 Å². The van der Waals surface area contributed by atoms with Gasteiger partial charge in [-0.1, -0.05) is 15.9 Å². The molecular formula is C12H13BrClN3O. The predicted octanol–water partition coefficient (Wildman–Crippen LogP) is 2.67. The van der Waals surface area contributed by atoms with E-state index in [1.807, 2.05) is 29.7 Å². The van der Waals surface area contributed by atoms with Crippen molar-refractivity contribution in [3.63, 3.8) is 0 Å². The van der Waals surface area contributed by atoms with Crippen LogP contribution < -0.4 is 5.32 Å². The van der Waals surface area contributed by atoms with Crippen LogP contribution in [0.5, 0.6) is 0 Å². The molecular weight excluding hydrogens is 318 g/mol. The van der Waals surface area contributed by atoms with Crippen molar-refractivity contribution in [2.75, 3.05) is 6.54 Å². The van der Waals surface area contributed by atoms with Gasteiger partial charge in [0.15, 0.2) is 0 Å². The Balaban J connectivity index is 2.43. The van der Waals surface area contributed by atoms with Crippen molar-refractivity contribution in [2.24, 2.45) is 0 Å². The molecule has 2 aromatic rings. The molecule has 1 amide bonds. The third-order valence-electron chi connectivity index (χ3n) is 2.58. The third kappa shape index (κ3) is 2.67. The Hall–Kier alpha value is -1.07. The van der Waals surface area contributed by atoms with Gasteiger partial charge in [0.2, 0.25) is 5.91 Å². The summed E-state index contributed by atoms with van der Waals surface area (Å²) < 4.78 is 2.80. The highest BCUT2D eigenvalue weighted by Crippen LogP contribution is 2.21. The number of rotatable bonds is 4. The highest BCUT2D eigenvalue weighted by Gasteiger charge is 2.12. The molecule has 0 bridgehead atoms. The van der Waals surface area contributed by atoms with Gasteiger partial charge in [-0.15, -0.1) is 11.6 Å². The monoisotopic (exact) mass is 329 g/mol. The number of carbonyl (C=O) groups is 1. The Labute approximate surface area is 118 Å². The number of nitrogens with zero attached hydrogens (tertiary/aromatic N) is 2. The molecule has 18 heavy (non-hydrogen) atoms. The molecule has 0 radical (unpaired) electrons. The molecule has 0 aliphatic carbocycles. The molecule has 0 atom stereocenters. The van der Waals surface area contributed by atoms with Crippen molar-refractivity contribution in [3.05, 3.63) is 28.5 Å². The van der Waals surface area contributed by atoms with E-state index in [0.717, 1.165) is 15.5 Å². The summed E-state index contributed by atoms with van der Waals surface area (Å²) in [4.78, 5) is 16.1. The first-order valence-electron chi connectivity index (χ1n) is 5.63. The maximum atomic E-state index is 11.7. The van der Waals surface area contributed by atoms with Crippen LogP contribution in [0.1, 0.15) is 12.7 Å². The molecule has 2 rings (SSSR count). The lowest BCUT2D eigenvalue weighted by Gasteiger charge is -2.07. The van der Waals surface area contributed by atoms with Crippen LogP contribution in [0, 0.1) is 0 Å². The number of imidazole rings is 1. The zero-order valence-corrected chi connectivity index (χ0v) is 12.3. The Morgan fingerprint density at radius 3 is 3.00 bits per heavy atom. The topological polar surface area (TPSA) is 46.9 Å². The second-order valence-electron chi connectivity index (χ2n) is 3.83. The number of hydrogen-bond acceptors (Lipinski definition) is 2. The molecule has 4 nitrogen and oxygen atoms in total. The summed E-state index contributed by atoms with van der Waals surface area (Å²) in [6.07, 6.45) is 0. The minimum atomic E-state index is -0.0360. The molecule has 0 spiro atoms. The van der Waals surface area contributed by atoms with Gasteiger partial charge in [-0.25, -0.2) is 4.98 Å². The SMILES string of the molecule is CCNC(=O)Cn1c(CCl)nc2cc(Br)ccc21. The number of alkyl halides is 1. The average Bonchev–Trinajstić information content (AvgIpc) is 2.66. The fraction of sp³-hybridized carbons (Fsp3) is 0.333. The van der Waals surface area contributed by atoms with E-state index in [2.05, 4.69) is 26.2 Å². The van der Waals surface area contributed by atoms with Crippen LogP contribution in [0.4, 0.5) is 0 Å². The summed E-state index contributed by atoms with van der Waals surface area (Å²) in [7, 11) is 0. The van der Waals surface area contributed by atoms with Gasteiger partial charge in [-0.3, -0.25) is 4.79 Å². The van der Waals surface area contributed by atoms with Crippen LogP contribution in [0.25, 0.3) is 11.0 Å². The number of nitrogens with one attached hydrogen (secondary N) is 1. The standard InChI is InChI=1S/C12H13BrClN3O/c1-2-15-12(18)7-17-10-4-3-8(13)5-9(10)16-11(17)6-14/h3-5H,2,6-7H2,1H3,(H,15,18). The molecule has 0 aliphatic rings. The van der Waals surface area contributed by atoms with Gasteiger partial charge in [0, 0.05) is 11.0 Å². The zero-order chi connectivity index (χ0) is 13.1. The average molecular weight is 331 g/mol. The van der Waals surface area contributed by atoms with Gasteiger partial charge in [0.25, 0.3) is 0 Å². The van der Waals surface area contributed by atoms with E-state index < -0.39 is 0 Å². The number of halogens is 2. The number of likely N-dealkylation sites (N-methyl/N-ethyl adjacent to an activating group) is 1. The normalized spacial score (nSPS) is 10.8. The fourth-order valence-corrected chi connectivity index (χ4v) is 2.38. The van der Waals surface area contributed by atoms with E-state index in [9.17, 15) is 4.79 Å². The zero-order valence-electron chi connectivity index (χ0n) is 9.91. The summed E-state index contributed by atoms with van der Waals surface area (Å²) in [5.41, 5.74) is 1.75. The van der Waals surface area contributed by atoms with Crippen LogP contribution in [-0.2, 0) is 17.2 Å². The van der Waals surface area contributed by atoms with Crippen LogP contribution in [-0.4, -0.2) is 22.0 Å². The molecule has 1 aromatic carbocycles. The molecule has 1 heterocycles.